The lowest BCUT2D eigenvalue weighted by molar-refractivity contribution is 0.0948. The molecule has 2 rings (SSSR count). The minimum atomic E-state index is -0.353. The highest BCUT2D eigenvalue weighted by Gasteiger charge is 2.20. The third-order valence-electron chi connectivity index (χ3n) is 4.05. The molecule has 0 saturated heterocycles. The molecule has 1 heterocycles. The van der Waals surface area contributed by atoms with E-state index < -0.39 is 0 Å². The third kappa shape index (κ3) is 6.31. The van der Waals surface area contributed by atoms with Crippen LogP contribution in [0.3, 0.4) is 0 Å². The van der Waals surface area contributed by atoms with E-state index in [1.807, 2.05) is 12.1 Å². The van der Waals surface area contributed by atoms with E-state index in [0.29, 0.717) is 18.5 Å². The van der Waals surface area contributed by atoms with Crippen LogP contribution in [0.4, 0.5) is 0 Å². The molecule has 1 aromatic rings. The minimum absolute atomic E-state index is 0.129. The average molecular weight is 404 g/mol. The first kappa shape index (κ1) is 19.1. The number of rotatable bonds is 6. The van der Waals surface area contributed by atoms with Crippen LogP contribution in [0, 0.1) is 16.7 Å². The van der Waals surface area contributed by atoms with Gasteiger partial charge in [-0.05, 0) is 46.7 Å². The van der Waals surface area contributed by atoms with Gasteiger partial charge in [0.25, 0.3) is 5.91 Å². The normalized spacial score (nSPS) is 17.2. The maximum Gasteiger partial charge on any atom is 0.287 e. The zero-order chi connectivity index (χ0) is 18.3. The number of nitrogens with zero attached hydrogens (tertiary/aromatic N) is 3. The van der Waals surface area contributed by atoms with E-state index in [4.69, 9.17) is 5.26 Å². The van der Waals surface area contributed by atoms with Gasteiger partial charge in [-0.3, -0.25) is 9.79 Å². The van der Waals surface area contributed by atoms with E-state index in [0.717, 1.165) is 17.5 Å². The summed E-state index contributed by atoms with van der Waals surface area (Å²) in [5.41, 5.74) is 2.05. The number of aromatic amines is 1. The predicted molar refractivity (Wildman–Crippen MR) is 102 cm³/mol. The summed E-state index contributed by atoms with van der Waals surface area (Å²) in [6, 6.07) is 1.89. The molecule has 25 heavy (non-hydrogen) atoms. The van der Waals surface area contributed by atoms with Crippen molar-refractivity contribution in [1.29, 1.82) is 5.26 Å². The van der Waals surface area contributed by atoms with Crippen LogP contribution in [0.15, 0.2) is 35.0 Å². The van der Waals surface area contributed by atoms with Crippen molar-refractivity contribution in [3.05, 3.63) is 41.5 Å². The Kier molecular flexibility index (Phi) is 6.71. The van der Waals surface area contributed by atoms with Crippen molar-refractivity contribution < 1.29 is 4.79 Å². The molecule has 0 aromatic carbocycles. The number of halogens is 1. The zero-order valence-electron chi connectivity index (χ0n) is 14.5. The van der Waals surface area contributed by atoms with Gasteiger partial charge in [-0.1, -0.05) is 31.6 Å². The maximum atomic E-state index is 11.8. The highest BCUT2D eigenvalue weighted by molar-refractivity contribution is 9.18. The van der Waals surface area contributed by atoms with Gasteiger partial charge in [-0.25, -0.2) is 4.98 Å². The van der Waals surface area contributed by atoms with Gasteiger partial charge in [-0.15, -0.1) is 0 Å². The fourth-order valence-corrected chi connectivity index (χ4v) is 2.69. The molecule has 1 aliphatic carbocycles. The summed E-state index contributed by atoms with van der Waals surface area (Å²) in [5, 5.41) is 11.4. The summed E-state index contributed by atoms with van der Waals surface area (Å²) in [4.78, 5) is 22.8. The number of nitriles is 1. The molecule has 6 nitrogen and oxygen atoms in total. The lowest BCUT2D eigenvalue weighted by Gasteiger charge is -2.28. The molecule has 7 heteroatoms. The van der Waals surface area contributed by atoms with Crippen LogP contribution < -0.4 is 5.32 Å². The summed E-state index contributed by atoms with van der Waals surface area (Å²) in [6.45, 7) is 5.64. The van der Waals surface area contributed by atoms with Gasteiger partial charge in [-0.2, -0.15) is 5.26 Å². The van der Waals surface area contributed by atoms with Crippen molar-refractivity contribution in [3.63, 3.8) is 0 Å². The number of amides is 1. The highest BCUT2D eigenvalue weighted by Crippen LogP contribution is 2.34. The first-order valence-electron chi connectivity index (χ1n) is 8.17. The summed E-state index contributed by atoms with van der Waals surface area (Å²) in [5.74, 6) is -0.223. The zero-order valence-corrected chi connectivity index (χ0v) is 16.1. The fourth-order valence-electron chi connectivity index (χ4n) is 2.38. The number of nitrogens with one attached hydrogen (secondary N) is 2. The van der Waals surface area contributed by atoms with Crippen molar-refractivity contribution in [3.8, 4) is 6.07 Å². The second kappa shape index (κ2) is 8.77. The topological polar surface area (TPSA) is 93.9 Å². The maximum absolute atomic E-state index is 11.8. The summed E-state index contributed by atoms with van der Waals surface area (Å²) < 4.78 is 0.747. The molecule has 132 valence electrons. The average Bonchev–Trinajstić information content (AvgIpc) is 3.07. The van der Waals surface area contributed by atoms with E-state index in [9.17, 15) is 4.79 Å². The molecule has 0 unspecified atom stereocenters. The van der Waals surface area contributed by atoms with Crippen molar-refractivity contribution in [2.45, 2.75) is 33.1 Å². The van der Waals surface area contributed by atoms with E-state index in [-0.39, 0.29) is 17.4 Å². The molecule has 1 aromatic heterocycles. The first-order chi connectivity index (χ1) is 11.9. The smallest absolute Gasteiger partial charge is 0.287 e. The standard InChI is InChI=1S/C18H22BrN5O/c1-18(2)7-5-13(6-8-18)11-22-15(19)4-3-9-21-17(25)16-23-12-14(10-20)24-16/h3-5,12H,6-9,11H2,1-2H3,(H,21,25)(H,23,24)/b4-3-,22-15?. The Morgan fingerprint density at radius 2 is 2.40 bits per heavy atom. The number of imidazole rings is 1. The highest BCUT2D eigenvalue weighted by atomic mass is 79.9. The van der Waals surface area contributed by atoms with Gasteiger partial charge < -0.3 is 10.3 Å². The number of allylic oxidation sites excluding steroid dienone is 2. The molecule has 0 bridgehead atoms. The molecule has 0 saturated carbocycles. The van der Waals surface area contributed by atoms with Crippen LogP contribution in [0.5, 0.6) is 0 Å². The Bertz CT molecular complexity index is 752. The third-order valence-corrected chi connectivity index (χ3v) is 4.56. The fraction of sp³-hybridized carbons (Fsp3) is 0.444. The first-order valence-corrected chi connectivity index (χ1v) is 8.96. The van der Waals surface area contributed by atoms with Crippen LogP contribution in [-0.4, -0.2) is 33.6 Å². The van der Waals surface area contributed by atoms with Crippen LogP contribution >= 0.6 is 15.9 Å². The van der Waals surface area contributed by atoms with E-state index in [1.54, 1.807) is 6.08 Å². The second-order valence-corrected chi connectivity index (χ2v) is 7.55. The molecule has 1 amide bonds. The molecule has 0 fully saturated rings. The summed E-state index contributed by atoms with van der Waals surface area (Å²) in [6.07, 6.45) is 10.7. The number of hydrogen-bond donors (Lipinski definition) is 2. The van der Waals surface area contributed by atoms with E-state index >= 15 is 0 Å². The molecular formula is C18H22BrN5O. The van der Waals surface area contributed by atoms with Crippen LogP contribution in [0.2, 0.25) is 0 Å². The molecule has 0 aliphatic heterocycles. The van der Waals surface area contributed by atoms with Gasteiger partial charge in [0, 0.05) is 6.54 Å². The van der Waals surface area contributed by atoms with E-state index in [2.05, 4.69) is 56.1 Å². The molecular weight excluding hydrogens is 382 g/mol. The Hall–Kier alpha value is -2.20. The van der Waals surface area contributed by atoms with Crippen molar-refractivity contribution in [1.82, 2.24) is 15.3 Å². The predicted octanol–water partition coefficient (Wildman–Crippen LogP) is 3.50. The monoisotopic (exact) mass is 403 g/mol. The Morgan fingerprint density at radius 1 is 1.60 bits per heavy atom. The number of H-pyrrole nitrogens is 1. The number of carbonyl (C=O) groups excluding carboxylic acids is 1. The van der Waals surface area contributed by atoms with Gasteiger partial charge in [0.1, 0.15) is 16.4 Å². The van der Waals surface area contributed by atoms with Crippen molar-refractivity contribution in [2.24, 2.45) is 10.4 Å². The molecule has 0 radical (unpaired) electrons. The number of aromatic nitrogens is 2. The molecule has 0 atom stereocenters. The summed E-state index contributed by atoms with van der Waals surface area (Å²) in [7, 11) is 0. The Morgan fingerprint density at radius 3 is 3.04 bits per heavy atom. The summed E-state index contributed by atoms with van der Waals surface area (Å²) >= 11 is 3.42. The van der Waals surface area contributed by atoms with Crippen LogP contribution in [-0.2, 0) is 0 Å². The number of hydrogen-bond acceptors (Lipinski definition) is 4. The molecule has 0 spiro atoms. The quantitative estimate of drug-likeness (QED) is 0.561. The Balaban J connectivity index is 1.75. The molecule has 1 aliphatic rings. The van der Waals surface area contributed by atoms with Gasteiger partial charge >= 0.3 is 0 Å². The van der Waals surface area contributed by atoms with Gasteiger partial charge in [0.05, 0.1) is 12.7 Å². The second-order valence-electron chi connectivity index (χ2n) is 6.74. The minimum Gasteiger partial charge on any atom is -0.346 e. The largest absolute Gasteiger partial charge is 0.346 e. The lowest BCUT2D eigenvalue weighted by atomic mass is 9.78. The van der Waals surface area contributed by atoms with Gasteiger partial charge in [0.15, 0.2) is 5.82 Å². The SMILES string of the molecule is CC1(C)CC=C(CN=C(Br)/C=C\CNC(=O)c2ncc(C#N)[nH]2)CC1. The Labute approximate surface area is 156 Å². The van der Waals surface area contributed by atoms with E-state index in [1.165, 1.54) is 18.2 Å². The van der Waals surface area contributed by atoms with Crippen molar-refractivity contribution >= 4 is 26.5 Å². The number of aliphatic imine (C=N–C) groups is 1. The van der Waals surface area contributed by atoms with Crippen LogP contribution in [0.1, 0.15) is 49.4 Å². The van der Waals surface area contributed by atoms with Crippen molar-refractivity contribution in [2.75, 3.05) is 13.1 Å². The van der Waals surface area contributed by atoms with Crippen LogP contribution in [0.25, 0.3) is 0 Å². The lowest BCUT2D eigenvalue weighted by Crippen LogP contribution is -2.24. The molecule has 2 N–H and O–H groups in total. The number of carbonyl (C=O) groups is 1. The van der Waals surface area contributed by atoms with Gasteiger partial charge in [0.2, 0.25) is 0 Å².